The minimum atomic E-state index is 0.324. The maximum absolute atomic E-state index is 5.83. The van der Waals surface area contributed by atoms with E-state index in [1.54, 1.807) is 0 Å². The van der Waals surface area contributed by atoms with Crippen molar-refractivity contribution in [3.63, 3.8) is 0 Å². The van der Waals surface area contributed by atoms with E-state index in [2.05, 4.69) is 0 Å². The molecule has 0 bridgehead atoms. The topological polar surface area (TPSA) is 26.0 Å². The molecule has 1 aliphatic heterocycles. The average molecular weight is 115 g/mol. The van der Waals surface area contributed by atoms with Crippen LogP contribution < -0.4 is 5.73 Å². The van der Waals surface area contributed by atoms with E-state index in [0.717, 1.165) is 5.92 Å². The van der Waals surface area contributed by atoms with Gasteiger partial charge >= 0.3 is 0 Å². The van der Waals surface area contributed by atoms with Crippen molar-refractivity contribution >= 4 is 11.8 Å². The van der Waals surface area contributed by atoms with Crippen LogP contribution in [0, 0.1) is 5.92 Å². The number of hydrogen-bond acceptors (Lipinski definition) is 2. The molecule has 2 N–H and O–H groups in total. The summed E-state index contributed by atoms with van der Waals surface area (Å²) >= 11 is 2.01. The van der Waals surface area contributed by atoms with Crippen molar-refractivity contribution in [1.29, 1.82) is 0 Å². The quantitative estimate of drug-likeness (QED) is 0.496. The molecular weight excluding hydrogens is 106 g/mol. The minimum Gasteiger partial charge on any atom is -0.324 e. The van der Waals surface area contributed by atoms with E-state index in [1.807, 2.05) is 11.8 Å². The standard InChI is InChI=1S/C5H9NS/c6-5-1-4(5)2-7-3-5/h4H,1-3,6H2. The molecule has 2 atom stereocenters. The largest absolute Gasteiger partial charge is 0.324 e. The first kappa shape index (κ1) is 4.21. The predicted molar refractivity (Wildman–Crippen MR) is 32.4 cm³/mol. The number of nitrogens with two attached hydrogens (primary N) is 1. The van der Waals surface area contributed by atoms with Gasteiger partial charge in [0.25, 0.3) is 0 Å². The second-order valence-corrected chi connectivity index (χ2v) is 3.68. The Kier molecular flexibility index (Phi) is 0.605. The second-order valence-electron chi connectivity index (χ2n) is 2.65. The molecular formula is C5H9NS. The molecule has 0 aromatic rings. The van der Waals surface area contributed by atoms with Crippen LogP contribution in [0.4, 0.5) is 0 Å². The van der Waals surface area contributed by atoms with Gasteiger partial charge in [-0.3, -0.25) is 0 Å². The van der Waals surface area contributed by atoms with Gasteiger partial charge in [0.2, 0.25) is 0 Å². The maximum atomic E-state index is 5.83. The molecule has 0 amide bonds. The first-order valence-electron chi connectivity index (χ1n) is 2.68. The minimum absolute atomic E-state index is 0.324. The third-order valence-corrected chi connectivity index (χ3v) is 3.35. The van der Waals surface area contributed by atoms with Crippen molar-refractivity contribution < 1.29 is 0 Å². The fourth-order valence-electron chi connectivity index (χ4n) is 1.19. The van der Waals surface area contributed by atoms with Crippen LogP contribution in [0.3, 0.4) is 0 Å². The lowest BCUT2D eigenvalue weighted by Gasteiger charge is -1.97. The highest BCUT2D eigenvalue weighted by atomic mass is 32.2. The van der Waals surface area contributed by atoms with E-state index in [0.29, 0.717) is 5.54 Å². The molecule has 2 fully saturated rings. The molecule has 1 heterocycles. The van der Waals surface area contributed by atoms with E-state index in [4.69, 9.17) is 5.73 Å². The van der Waals surface area contributed by atoms with Crippen molar-refractivity contribution in [2.75, 3.05) is 11.5 Å². The Morgan fingerprint density at radius 2 is 2.57 bits per heavy atom. The van der Waals surface area contributed by atoms with Crippen LogP contribution >= 0.6 is 11.8 Å². The molecule has 1 nitrogen and oxygen atoms in total. The zero-order valence-corrected chi connectivity index (χ0v) is 5.00. The third kappa shape index (κ3) is 0.441. The van der Waals surface area contributed by atoms with Gasteiger partial charge in [-0.05, 0) is 18.1 Å². The van der Waals surface area contributed by atoms with Gasteiger partial charge in [-0.1, -0.05) is 0 Å². The smallest absolute Gasteiger partial charge is 0.0286 e. The molecule has 40 valence electrons. The predicted octanol–water partition coefficient (Wildman–Crippen LogP) is 0.451. The lowest BCUT2D eigenvalue weighted by molar-refractivity contribution is 0.727. The van der Waals surface area contributed by atoms with Crippen LogP contribution in [0.1, 0.15) is 6.42 Å². The Morgan fingerprint density at radius 3 is 2.71 bits per heavy atom. The van der Waals surface area contributed by atoms with E-state index in [-0.39, 0.29) is 0 Å². The first-order chi connectivity index (χ1) is 3.31. The van der Waals surface area contributed by atoms with E-state index >= 15 is 0 Å². The highest BCUT2D eigenvalue weighted by Gasteiger charge is 2.54. The molecule has 0 aromatic carbocycles. The molecule has 2 unspecified atom stereocenters. The Balaban J connectivity index is 2.17. The van der Waals surface area contributed by atoms with Gasteiger partial charge in [-0.2, -0.15) is 11.8 Å². The Morgan fingerprint density at radius 1 is 1.71 bits per heavy atom. The Hall–Kier alpha value is 0.310. The summed E-state index contributed by atoms with van der Waals surface area (Å²) in [6.45, 7) is 0. The van der Waals surface area contributed by atoms with Gasteiger partial charge in [-0.25, -0.2) is 0 Å². The molecule has 1 aliphatic carbocycles. The summed E-state index contributed by atoms with van der Waals surface area (Å²) in [6.07, 6.45) is 1.31. The molecule has 0 aromatic heterocycles. The highest BCUT2D eigenvalue weighted by molar-refractivity contribution is 7.99. The van der Waals surface area contributed by atoms with Crippen LogP contribution in [0.2, 0.25) is 0 Å². The van der Waals surface area contributed by atoms with Gasteiger partial charge in [0.15, 0.2) is 0 Å². The summed E-state index contributed by atoms with van der Waals surface area (Å²) in [4.78, 5) is 0. The summed E-state index contributed by atoms with van der Waals surface area (Å²) in [7, 11) is 0. The fraction of sp³-hybridized carbons (Fsp3) is 1.00. The zero-order valence-electron chi connectivity index (χ0n) is 4.18. The Bertz CT molecular complexity index is 102. The second kappa shape index (κ2) is 1.00. The summed E-state index contributed by atoms with van der Waals surface area (Å²) in [5.41, 5.74) is 6.16. The van der Waals surface area contributed by atoms with Gasteiger partial charge in [0.1, 0.15) is 0 Å². The van der Waals surface area contributed by atoms with E-state index in [9.17, 15) is 0 Å². The first-order valence-corrected chi connectivity index (χ1v) is 3.83. The van der Waals surface area contributed by atoms with Crippen molar-refractivity contribution in [2.24, 2.45) is 11.7 Å². The van der Waals surface area contributed by atoms with Crippen molar-refractivity contribution in [3.05, 3.63) is 0 Å². The van der Waals surface area contributed by atoms with E-state index < -0.39 is 0 Å². The molecule has 0 spiro atoms. The number of fused-ring (bicyclic) bond motifs is 1. The van der Waals surface area contributed by atoms with Crippen LogP contribution in [0.5, 0.6) is 0 Å². The van der Waals surface area contributed by atoms with Gasteiger partial charge in [-0.15, -0.1) is 0 Å². The van der Waals surface area contributed by atoms with Gasteiger partial charge < -0.3 is 5.73 Å². The van der Waals surface area contributed by atoms with Gasteiger partial charge in [0.05, 0.1) is 0 Å². The number of rotatable bonds is 0. The van der Waals surface area contributed by atoms with Crippen molar-refractivity contribution in [1.82, 2.24) is 0 Å². The fourth-order valence-corrected chi connectivity index (χ4v) is 2.78. The molecule has 1 saturated carbocycles. The van der Waals surface area contributed by atoms with Crippen molar-refractivity contribution in [2.45, 2.75) is 12.0 Å². The molecule has 2 heteroatoms. The van der Waals surface area contributed by atoms with Crippen LogP contribution in [-0.4, -0.2) is 17.0 Å². The molecule has 7 heavy (non-hydrogen) atoms. The van der Waals surface area contributed by atoms with E-state index in [1.165, 1.54) is 17.9 Å². The third-order valence-electron chi connectivity index (χ3n) is 1.97. The summed E-state index contributed by atoms with van der Waals surface area (Å²) in [6, 6.07) is 0. The molecule has 1 saturated heterocycles. The lowest BCUT2D eigenvalue weighted by Crippen LogP contribution is -2.24. The molecule has 0 radical (unpaired) electrons. The summed E-state index contributed by atoms with van der Waals surface area (Å²) in [5.74, 6) is 3.45. The highest BCUT2D eigenvalue weighted by Crippen LogP contribution is 2.51. The lowest BCUT2D eigenvalue weighted by atomic mass is 10.3. The van der Waals surface area contributed by atoms with Crippen molar-refractivity contribution in [3.8, 4) is 0 Å². The zero-order chi connectivity index (χ0) is 4.91. The summed E-state index contributed by atoms with van der Waals surface area (Å²) in [5, 5.41) is 0. The SMILES string of the molecule is NC12CSCC1C2. The average Bonchev–Trinajstić information content (AvgIpc) is 2.09. The van der Waals surface area contributed by atoms with Gasteiger partial charge in [0, 0.05) is 11.3 Å². The maximum Gasteiger partial charge on any atom is 0.0286 e. The molecule has 2 rings (SSSR count). The van der Waals surface area contributed by atoms with Crippen LogP contribution in [0.25, 0.3) is 0 Å². The normalized spacial score (nSPS) is 57.0. The number of thioether (sulfide) groups is 1. The number of hydrogen-bond donors (Lipinski definition) is 1. The van der Waals surface area contributed by atoms with Crippen LogP contribution in [0.15, 0.2) is 0 Å². The summed E-state index contributed by atoms with van der Waals surface area (Å²) < 4.78 is 0. The molecule has 2 aliphatic rings. The van der Waals surface area contributed by atoms with Crippen LogP contribution in [-0.2, 0) is 0 Å². The Labute approximate surface area is 47.7 Å². The monoisotopic (exact) mass is 115 g/mol.